The average Bonchev–Trinajstić information content (AvgIpc) is 2.25. The molecule has 7 heteroatoms. The van der Waals surface area contributed by atoms with Crippen LogP contribution in [0.1, 0.15) is 12.5 Å². The molecule has 1 atom stereocenters. The summed E-state index contributed by atoms with van der Waals surface area (Å²) in [6.07, 6.45) is -6.25. The Bertz CT molecular complexity index is 368. The predicted molar refractivity (Wildman–Crippen MR) is 56.6 cm³/mol. The second-order valence-corrected chi connectivity index (χ2v) is 3.61. The fourth-order valence-electron chi connectivity index (χ4n) is 1.16. The molecule has 0 saturated heterocycles. The van der Waals surface area contributed by atoms with Crippen LogP contribution in [0.25, 0.3) is 0 Å². The van der Waals surface area contributed by atoms with Crippen molar-refractivity contribution < 1.29 is 28.0 Å². The molecule has 0 aliphatic heterocycles. The summed E-state index contributed by atoms with van der Waals surface area (Å²) in [7, 11) is -1.64. The maximum atomic E-state index is 12.2. The molecular weight excluding hydrogens is 236 g/mol. The van der Waals surface area contributed by atoms with E-state index in [0.29, 0.717) is 5.56 Å². The van der Waals surface area contributed by atoms with Gasteiger partial charge in [-0.3, -0.25) is 0 Å². The molecule has 1 rings (SSSR count). The van der Waals surface area contributed by atoms with Crippen LogP contribution < -0.4 is 5.46 Å². The van der Waals surface area contributed by atoms with E-state index in [0.717, 1.165) is 6.92 Å². The van der Waals surface area contributed by atoms with Gasteiger partial charge in [-0.05, 0) is 17.9 Å². The molecule has 0 fully saturated rings. The summed E-state index contributed by atoms with van der Waals surface area (Å²) in [5.74, 6) is 0. The Morgan fingerprint density at radius 3 is 2.53 bits per heavy atom. The Labute approximate surface area is 97.0 Å². The van der Waals surface area contributed by atoms with Crippen molar-refractivity contribution in [1.29, 1.82) is 0 Å². The van der Waals surface area contributed by atoms with Crippen molar-refractivity contribution in [1.82, 2.24) is 0 Å². The summed E-state index contributed by atoms with van der Waals surface area (Å²) in [5, 5.41) is 17.8. The van der Waals surface area contributed by atoms with Gasteiger partial charge < -0.3 is 14.8 Å². The number of hydrogen-bond acceptors (Lipinski definition) is 3. The summed E-state index contributed by atoms with van der Waals surface area (Å²) in [5.41, 5.74) is 0.664. The number of halogens is 3. The highest BCUT2D eigenvalue weighted by molar-refractivity contribution is 6.58. The van der Waals surface area contributed by atoms with Crippen molar-refractivity contribution in [3.8, 4) is 0 Å². The predicted octanol–water partition coefficient (Wildman–Crippen LogP) is 0.834. The highest BCUT2D eigenvalue weighted by Crippen LogP contribution is 2.23. The van der Waals surface area contributed by atoms with E-state index in [2.05, 4.69) is 4.74 Å². The second kappa shape index (κ2) is 5.53. The number of benzene rings is 1. The zero-order valence-electron chi connectivity index (χ0n) is 9.11. The molecule has 0 heterocycles. The molecule has 17 heavy (non-hydrogen) atoms. The summed E-state index contributed by atoms with van der Waals surface area (Å²) < 4.78 is 41.1. The molecule has 0 aliphatic rings. The fourth-order valence-corrected chi connectivity index (χ4v) is 1.16. The normalized spacial score (nSPS) is 13.5. The molecule has 94 valence electrons. The smallest absolute Gasteiger partial charge is 0.423 e. The van der Waals surface area contributed by atoms with E-state index in [1.165, 1.54) is 18.2 Å². The molecule has 1 unspecified atom stereocenters. The van der Waals surface area contributed by atoms with Crippen LogP contribution in [-0.2, 0) is 11.3 Å². The lowest BCUT2D eigenvalue weighted by atomic mass is 9.80. The van der Waals surface area contributed by atoms with Gasteiger partial charge in [-0.15, -0.1) is 0 Å². The van der Waals surface area contributed by atoms with E-state index in [4.69, 9.17) is 10.0 Å². The lowest BCUT2D eigenvalue weighted by Gasteiger charge is -2.16. The van der Waals surface area contributed by atoms with Gasteiger partial charge in [0.05, 0.1) is 6.61 Å². The molecule has 0 spiro atoms. The molecule has 0 radical (unpaired) electrons. The molecule has 0 bridgehead atoms. The minimum absolute atomic E-state index is 0.214. The zero-order chi connectivity index (χ0) is 13.1. The first-order valence-corrected chi connectivity index (χ1v) is 4.94. The summed E-state index contributed by atoms with van der Waals surface area (Å²) in [4.78, 5) is 0. The Morgan fingerprint density at radius 1 is 1.35 bits per heavy atom. The fraction of sp³-hybridized carbons (Fsp3) is 0.400. The first-order chi connectivity index (χ1) is 7.80. The van der Waals surface area contributed by atoms with E-state index < -0.39 is 19.4 Å². The number of hydrogen-bond donors (Lipinski definition) is 2. The summed E-state index contributed by atoms with van der Waals surface area (Å²) in [6, 6.07) is 5.91. The number of ether oxygens (including phenoxy) is 1. The van der Waals surface area contributed by atoms with Gasteiger partial charge in [-0.1, -0.05) is 24.3 Å². The lowest BCUT2D eigenvalue weighted by Crippen LogP contribution is -2.30. The third kappa shape index (κ3) is 4.37. The van der Waals surface area contributed by atoms with Gasteiger partial charge in [-0.25, -0.2) is 0 Å². The largest absolute Gasteiger partial charge is 0.488 e. The van der Waals surface area contributed by atoms with Crippen LogP contribution in [0, 0.1) is 0 Å². The van der Waals surface area contributed by atoms with Gasteiger partial charge in [-0.2, -0.15) is 13.2 Å². The van der Waals surface area contributed by atoms with Crippen molar-refractivity contribution in [3.63, 3.8) is 0 Å². The van der Waals surface area contributed by atoms with Crippen LogP contribution in [0.15, 0.2) is 24.3 Å². The van der Waals surface area contributed by atoms with E-state index >= 15 is 0 Å². The van der Waals surface area contributed by atoms with Gasteiger partial charge in [0, 0.05) is 0 Å². The van der Waals surface area contributed by atoms with Gasteiger partial charge in [0.25, 0.3) is 0 Å². The van der Waals surface area contributed by atoms with Crippen molar-refractivity contribution in [2.45, 2.75) is 25.8 Å². The molecule has 0 amide bonds. The van der Waals surface area contributed by atoms with Crippen LogP contribution in [-0.4, -0.2) is 29.4 Å². The van der Waals surface area contributed by atoms with E-state index in [9.17, 15) is 13.2 Å². The van der Waals surface area contributed by atoms with E-state index in [-0.39, 0.29) is 12.1 Å². The standard InChI is InChI=1S/C10H12BF3O3/c1-7(10(12,13)14)17-6-8-3-2-4-9(5-8)11(15)16/h2-5,7,15-16H,6H2,1H3. The molecule has 0 aliphatic carbocycles. The van der Waals surface area contributed by atoms with Crippen molar-refractivity contribution in [2.75, 3.05) is 0 Å². The van der Waals surface area contributed by atoms with Crippen molar-refractivity contribution >= 4 is 12.6 Å². The quantitative estimate of drug-likeness (QED) is 0.776. The van der Waals surface area contributed by atoms with Crippen molar-refractivity contribution in [2.24, 2.45) is 0 Å². The summed E-state index contributed by atoms with van der Waals surface area (Å²) >= 11 is 0. The van der Waals surface area contributed by atoms with Gasteiger partial charge in [0.15, 0.2) is 6.10 Å². The number of alkyl halides is 3. The first-order valence-electron chi connectivity index (χ1n) is 4.94. The third-order valence-electron chi connectivity index (χ3n) is 2.21. The Balaban J connectivity index is 2.61. The maximum absolute atomic E-state index is 12.2. The van der Waals surface area contributed by atoms with Gasteiger partial charge in [0.2, 0.25) is 0 Å². The highest BCUT2D eigenvalue weighted by atomic mass is 19.4. The number of rotatable bonds is 4. The van der Waals surface area contributed by atoms with Crippen LogP contribution >= 0.6 is 0 Å². The van der Waals surface area contributed by atoms with Crippen LogP contribution in [0.2, 0.25) is 0 Å². The van der Waals surface area contributed by atoms with Gasteiger partial charge >= 0.3 is 13.3 Å². The van der Waals surface area contributed by atoms with E-state index in [1.807, 2.05) is 0 Å². The first kappa shape index (κ1) is 14.0. The molecule has 2 N–H and O–H groups in total. The maximum Gasteiger partial charge on any atom is 0.488 e. The third-order valence-corrected chi connectivity index (χ3v) is 2.21. The molecule has 1 aromatic carbocycles. The van der Waals surface area contributed by atoms with Crippen LogP contribution in [0.5, 0.6) is 0 Å². The topological polar surface area (TPSA) is 49.7 Å². The van der Waals surface area contributed by atoms with E-state index in [1.54, 1.807) is 6.07 Å². The highest BCUT2D eigenvalue weighted by Gasteiger charge is 2.36. The van der Waals surface area contributed by atoms with Gasteiger partial charge in [0.1, 0.15) is 0 Å². The molecule has 1 aromatic rings. The minimum atomic E-state index is -4.39. The van der Waals surface area contributed by atoms with Crippen LogP contribution in [0.3, 0.4) is 0 Å². The lowest BCUT2D eigenvalue weighted by molar-refractivity contribution is -0.217. The summed E-state index contributed by atoms with van der Waals surface area (Å²) in [6.45, 7) is 0.686. The SMILES string of the molecule is CC(OCc1cccc(B(O)O)c1)C(F)(F)F. The van der Waals surface area contributed by atoms with Crippen molar-refractivity contribution in [3.05, 3.63) is 29.8 Å². The average molecular weight is 248 g/mol. The Hall–Kier alpha value is -1.05. The Kier molecular flexibility index (Phi) is 4.56. The Morgan fingerprint density at radius 2 is 2.00 bits per heavy atom. The molecule has 0 aromatic heterocycles. The minimum Gasteiger partial charge on any atom is -0.423 e. The second-order valence-electron chi connectivity index (χ2n) is 3.61. The molecule has 0 saturated carbocycles. The molecule has 3 nitrogen and oxygen atoms in total. The monoisotopic (exact) mass is 248 g/mol. The molecular formula is C10H12BF3O3. The van der Waals surface area contributed by atoms with Crippen LogP contribution in [0.4, 0.5) is 13.2 Å². The zero-order valence-corrected chi connectivity index (χ0v) is 9.11.